The van der Waals surface area contributed by atoms with Crippen molar-refractivity contribution in [1.82, 2.24) is 9.13 Å². The van der Waals surface area contributed by atoms with Crippen LogP contribution in [0.2, 0.25) is 0 Å². The van der Waals surface area contributed by atoms with Crippen LogP contribution in [0, 0.1) is 0 Å². The van der Waals surface area contributed by atoms with Crippen LogP contribution >= 0.6 is 0 Å². The second-order valence-corrected chi connectivity index (χ2v) is 32.3. The molecule has 0 fully saturated rings. The predicted molar refractivity (Wildman–Crippen MR) is 508 cm³/mol. The lowest BCUT2D eigenvalue weighted by atomic mass is 9.30. The minimum absolute atomic E-state index is 0.0330. The first kappa shape index (κ1) is 52.4. The Kier molecular flexibility index (Phi) is 11.5. The molecule has 21 aromatic rings. The summed E-state index contributed by atoms with van der Waals surface area (Å²) >= 11 is 0. The number of anilines is 9. The van der Waals surface area contributed by atoms with Crippen LogP contribution in [-0.4, -0.2) is 22.6 Å². The van der Waals surface area contributed by atoms with Crippen LogP contribution in [0.15, 0.2) is 404 Å². The fourth-order valence-electron chi connectivity index (χ4n) is 19.4. The van der Waals surface area contributed by atoms with E-state index in [-0.39, 0.29) is 71.9 Å². The van der Waals surface area contributed by atoms with Crippen LogP contribution in [0.5, 0.6) is 11.5 Å². The van der Waals surface area contributed by atoms with E-state index in [0.717, 1.165) is 88.0 Å². The van der Waals surface area contributed by atoms with Crippen molar-refractivity contribution < 1.29 is 35.2 Å². The average Bonchev–Trinajstić information content (AvgIpc) is 0.823. The molecule has 4 aliphatic heterocycles. The summed E-state index contributed by atoms with van der Waals surface area (Å²) in [5, 5.41) is 0.636. The zero-order valence-corrected chi connectivity index (χ0v) is 65.3. The number of aromatic nitrogens is 2. The molecule has 0 radical (unpaired) electrons. The van der Waals surface area contributed by atoms with E-state index in [1.54, 1.807) is 18.2 Å². The van der Waals surface area contributed by atoms with E-state index >= 15 is 0 Å². The van der Waals surface area contributed by atoms with Crippen molar-refractivity contribution in [2.45, 2.75) is 26.2 Å². The van der Waals surface area contributed by atoms with Gasteiger partial charge in [-0.2, -0.15) is 0 Å². The molecule has 4 aliphatic rings. The number of hydrogen-bond acceptors (Lipinski definition) is 5. The number of benzene rings is 18. The highest BCUT2D eigenvalue weighted by atomic mass is 16.5. The highest BCUT2D eigenvalue weighted by Gasteiger charge is 2.52. The van der Waals surface area contributed by atoms with E-state index in [1.165, 1.54) is 4.57 Å². The summed E-state index contributed by atoms with van der Waals surface area (Å²) < 4.78 is 207. The molecule has 0 amide bonds. The summed E-state index contributed by atoms with van der Waals surface area (Å²) in [6, 6.07) is 83.1. The van der Waals surface area contributed by atoms with Crippen LogP contribution in [-0.2, 0) is 5.41 Å². The Hall–Kier alpha value is -15.3. The van der Waals surface area contributed by atoms with Crippen molar-refractivity contribution in [3.8, 4) is 78.5 Å². The molecule has 0 unspecified atom stereocenters. The Morgan fingerprint density at radius 2 is 0.744 bits per heavy atom. The Balaban J connectivity index is 0.909. The Morgan fingerprint density at radius 3 is 1.29 bits per heavy atom. The van der Waals surface area contributed by atoms with E-state index in [0.29, 0.717) is 72.6 Å². The summed E-state index contributed by atoms with van der Waals surface area (Å²) in [6.45, 7) is 4.33. The van der Waals surface area contributed by atoms with E-state index < -0.39 is 139 Å². The Morgan fingerprint density at radius 1 is 0.298 bits per heavy atom. The minimum Gasteiger partial charge on any atom is -0.459 e. The molecule has 7 heterocycles. The van der Waals surface area contributed by atoms with Gasteiger partial charge in [0.15, 0.2) is 5.58 Å². The van der Waals surface area contributed by atoms with Crippen LogP contribution < -0.4 is 52.2 Å². The Labute approximate surface area is 728 Å². The lowest BCUT2D eigenvalue weighted by Gasteiger charge is -2.48. The van der Waals surface area contributed by atoms with E-state index in [1.807, 2.05) is 181 Å². The van der Waals surface area contributed by atoms with Crippen LogP contribution in [0.1, 0.15) is 52.4 Å². The molecule has 3 aromatic heterocycles. The molecule has 121 heavy (non-hydrogen) atoms. The molecule has 0 spiro atoms. The lowest BCUT2D eigenvalue weighted by molar-refractivity contribution is 0.491. The van der Waals surface area contributed by atoms with Gasteiger partial charge in [0.1, 0.15) is 17.1 Å². The lowest BCUT2D eigenvalue weighted by Crippen LogP contribution is -2.65. The number of ether oxygens (including phenoxy) is 1. The standard InChI is InChI=1S/C112H75B2N5O2/c1-112(2,3)76-65-99-105-100(66-76)118(108-79(71-34-11-5-12-35-71)47-29-48-80(108)72-36-13-6-14-37-72)97-64-75(70-32-9-4-10-33-70)58-61-90(97)114(105)107-101(117(99)96-56-31-51-88-87-46-23-28-57-103(87)120-110(88)96)69-102-106-111(107)121-104-68-78(116-94-54-26-21-44-85(94)86-45-22-27-55-95(86)116)60-63-91(104)113(106)89-62-59-77(115-92-52-24-19-42-83(92)84-43-20-25-53-93(84)115)67-98(89)119(102)109-81(73-38-15-7-16-39-73)49-30-50-82(109)74-40-17-8-18-41-74/h4-69H,1-3H3/i19D,20D,21D,22D,24D,25D,26D,27D,42D,43D,44D,45D,52D,53D,54D,55D,59D,62D,67D. The second kappa shape index (κ2) is 26.6. The fourth-order valence-corrected chi connectivity index (χ4v) is 19.4. The van der Waals surface area contributed by atoms with Crippen molar-refractivity contribution >= 4 is 163 Å². The molecule has 0 aliphatic carbocycles. The third kappa shape index (κ3) is 10.3. The fraction of sp³-hybridized carbons (Fsp3) is 0.0357. The van der Waals surface area contributed by atoms with E-state index in [9.17, 15) is 23.3 Å². The smallest absolute Gasteiger partial charge is 0.256 e. The van der Waals surface area contributed by atoms with Crippen molar-refractivity contribution in [2.75, 3.05) is 14.7 Å². The third-order valence-corrected chi connectivity index (χ3v) is 24.7. The van der Waals surface area contributed by atoms with Crippen molar-refractivity contribution in [3.63, 3.8) is 0 Å². The van der Waals surface area contributed by atoms with Gasteiger partial charge in [-0.1, -0.05) is 336 Å². The number of rotatable bonds is 10. The maximum atomic E-state index is 12.0. The number of hydrogen-bond donors (Lipinski definition) is 0. The van der Waals surface area contributed by atoms with Gasteiger partial charge in [-0.25, -0.2) is 0 Å². The van der Waals surface area contributed by atoms with Gasteiger partial charge in [0.05, 0.1) is 65.2 Å². The number of para-hydroxylation sites is 8. The van der Waals surface area contributed by atoms with Gasteiger partial charge in [-0.15, -0.1) is 0 Å². The first-order valence-corrected chi connectivity index (χ1v) is 40.5. The topological polar surface area (TPSA) is 42.0 Å². The van der Waals surface area contributed by atoms with Gasteiger partial charge >= 0.3 is 0 Å². The summed E-state index contributed by atoms with van der Waals surface area (Å²) in [5.41, 5.74) is 16.0. The first-order valence-electron chi connectivity index (χ1n) is 50.0. The van der Waals surface area contributed by atoms with Crippen molar-refractivity contribution in [2.24, 2.45) is 0 Å². The first-order chi connectivity index (χ1) is 67.6. The summed E-state index contributed by atoms with van der Waals surface area (Å²) in [5.74, 6) is 0.273. The van der Waals surface area contributed by atoms with Crippen LogP contribution in [0.3, 0.4) is 0 Å². The monoisotopic (exact) mass is 1560 g/mol. The largest absolute Gasteiger partial charge is 0.459 e. The highest BCUT2D eigenvalue weighted by molar-refractivity contribution is 7.03. The van der Waals surface area contributed by atoms with Gasteiger partial charge in [0, 0.05) is 106 Å². The van der Waals surface area contributed by atoms with Crippen molar-refractivity contribution in [3.05, 3.63) is 405 Å². The molecule has 0 saturated carbocycles. The average molecular weight is 1560 g/mol. The normalized spacial score (nSPS) is 15.3. The van der Waals surface area contributed by atoms with E-state index in [2.05, 4.69) is 122 Å². The number of fused-ring (bicyclic) bond motifs is 18. The predicted octanol–water partition coefficient (Wildman–Crippen LogP) is 25.9. The van der Waals surface area contributed by atoms with Gasteiger partial charge in [0.2, 0.25) is 0 Å². The highest BCUT2D eigenvalue weighted by Crippen LogP contribution is 2.57. The van der Waals surface area contributed by atoms with Gasteiger partial charge in [-0.05, 0) is 156 Å². The molecular weight excluding hydrogens is 1470 g/mol. The minimum atomic E-state index is -1.36. The van der Waals surface area contributed by atoms with Crippen molar-refractivity contribution in [1.29, 1.82) is 0 Å². The molecule has 0 N–H and O–H groups in total. The third-order valence-electron chi connectivity index (χ3n) is 24.7. The second-order valence-electron chi connectivity index (χ2n) is 32.3. The zero-order chi connectivity index (χ0) is 96.4. The van der Waals surface area contributed by atoms with Gasteiger partial charge in [-0.3, -0.25) is 0 Å². The molecule has 0 atom stereocenters. The van der Waals surface area contributed by atoms with Gasteiger partial charge in [0.25, 0.3) is 13.4 Å². The van der Waals surface area contributed by atoms with Crippen LogP contribution in [0.25, 0.3) is 133 Å². The van der Waals surface area contributed by atoms with E-state index in [4.69, 9.17) is 11.9 Å². The summed E-state index contributed by atoms with van der Waals surface area (Å²) in [6.07, 6.45) is 0. The molecule has 25 rings (SSSR count). The maximum absolute atomic E-state index is 12.0. The molecule has 566 valence electrons. The molecular formula is C112H75B2N5O2. The van der Waals surface area contributed by atoms with Gasteiger partial charge < -0.3 is 33.0 Å². The quantitative estimate of drug-likeness (QED) is 0.128. The van der Waals surface area contributed by atoms with Crippen LogP contribution in [0.4, 0.5) is 51.2 Å². The summed E-state index contributed by atoms with van der Waals surface area (Å²) in [7, 11) is 0. The molecule has 0 bridgehead atoms. The molecule has 9 heteroatoms. The number of nitrogens with zero attached hydrogens (tertiary/aromatic N) is 5. The summed E-state index contributed by atoms with van der Waals surface area (Å²) in [4.78, 5) is 6.66. The Bertz CT molecular complexity index is 8840. The number of furan rings is 1. The maximum Gasteiger partial charge on any atom is 0.256 e. The zero-order valence-electron chi connectivity index (χ0n) is 84.3. The molecule has 7 nitrogen and oxygen atoms in total. The molecule has 18 aromatic carbocycles. The molecule has 0 saturated heterocycles. The SMILES string of the molecule is [2H]c1c([2H])c(-n2c3c([2H])c([2H])c([2H])c([2H])c3c3c([2H])c([2H])c([2H])c([2H])c32)c([2H])c2c1B1c3ccc(-n4c5c([2H])c([2H])c([2H])c([2H])c5c5c([2H])c([2H])c([2H])c([2H])c54)cc3Oc3c1c(cc1c3B3c4ccc(-c5ccccc5)cc4N(c4c(-c5ccccc5)cccc4-c4ccccc4)c4cc(C(C)(C)C)cc(c43)N1c1cccc3c1oc1ccccc13)N2c1c(-c2ccccc2)cccc1-c1ccccc1.